The molecule has 0 radical (unpaired) electrons. The van der Waals surface area contributed by atoms with Crippen molar-refractivity contribution in [2.24, 2.45) is 7.05 Å². The summed E-state index contributed by atoms with van der Waals surface area (Å²) in [4.78, 5) is 3.86. The van der Waals surface area contributed by atoms with Crippen LogP contribution in [0, 0.1) is 0 Å². The highest BCUT2D eigenvalue weighted by Gasteiger charge is 2.31. The Labute approximate surface area is 113 Å². The molecule has 0 spiro atoms. The zero-order valence-electron chi connectivity index (χ0n) is 10.9. The quantitative estimate of drug-likeness (QED) is 0.789. The molecule has 0 fully saturated rings. The molecule has 0 saturated carbocycles. The van der Waals surface area contributed by atoms with E-state index in [0.717, 1.165) is 0 Å². The first-order valence-corrected chi connectivity index (χ1v) is 7.31. The van der Waals surface area contributed by atoms with Crippen LogP contribution in [0.4, 0.5) is 0 Å². The van der Waals surface area contributed by atoms with E-state index in [1.807, 2.05) is 0 Å². The highest BCUT2D eigenvalue weighted by Crippen LogP contribution is 2.23. The predicted octanol–water partition coefficient (Wildman–Crippen LogP) is 1.12. The molecule has 104 valence electrons. The maximum absolute atomic E-state index is 12.4. The Balaban J connectivity index is 3.13. The van der Waals surface area contributed by atoms with E-state index in [-0.39, 0.29) is 22.8 Å². The van der Waals surface area contributed by atoms with Gasteiger partial charge in [-0.2, -0.15) is 4.31 Å². The number of hydrogen-bond acceptors (Lipinski definition) is 4. The molecule has 8 heteroatoms. The molecule has 0 unspecified atom stereocenters. The average molecular weight is 296 g/mol. The fraction of sp³-hybridized carbons (Fsp3) is 0.700. The number of imidazole rings is 1. The van der Waals surface area contributed by atoms with Crippen LogP contribution >= 0.6 is 11.6 Å². The fourth-order valence-electron chi connectivity index (χ4n) is 1.52. The lowest BCUT2D eigenvalue weighted by atomic mass is 10.4. The van der Waals surface area contributed by atoms with Gasteiger partial charge in [0.1, 0.15) is 5.15 Å². The van der Waals surface area contributed by atoms with Crippen LogP contribution in [0.25, 0.3) is 0 Å². The maximum atomic E-state index is 12.4. The van der Waals surface area contributed by atoms with Crippen molar-refractivity contribution >= 4 is 21.6 Å². The van der Waals surface area contributed by atoms with Gasteiger partial charge in [-0.05, 0) is 13.8 Å². The molecule has 0 aromatic carbocycles. The number of hydrogen-bond donors (Lipinski definition) is 0. The van der Waals surface area contributed by atoms with Crippen LogP contribution in [0.1, 0.15) is 13.8 Å². The van der Waals surface area contributed by atoms with Gasteiger partial charge in [-0.3, -0.25) is 0 Å². The van der Waals surface area contributed by atoms with Crippen LogP contribution in [0.2, 0.25) is 5.15 Å². The monoisotopic (exact) mass is 295 g/mol. The Kier molecular flexibility index (Phi) is 5.15. The molecule has 18 heavy (non-hydrogen) atoms. The third-order valence-corrected chi connectivity index (χ3v) is 5.05. The van der Waals surface area contributed by atoms with Crippen molar-refractivity contribution in [1.29, 1.82) is 0 Å². The fourth-order valence-corrected chi connectivity index (χ4v) is 3.53. The predicted molar refractivity (Wildman–Crippen MR) is 69.1 cm³/mol. The van der Waals surface area contributed by atoms with E-state index < -0.39 is 10.0 Å². The van der Waals surface area contributed by atoms with Crippen LogP contribution in [-0.4, -0.2) is 48.6 Å². The summed E-state index contributed by atoms with van der Waals surface area (Å²) in [7, 11) is -0.524. The van der Waals surface area contributed by atoms with Crippen LogP contribution < -0.4 is 0 Å². The highest BCUT2D eigenvalue weighted by atomic mass is 35.5. The second-order valence-corrected chi connectivity index (χ2v) is 6.32. The minimum Gasteiger partial charge on any atom is -0.383 e. The van der Waals surface area contributed by atoms with Crippen molar-refractivity contribution in [3.8, 4) is 0 Å². The van der Waals surface area contributed by atoms with Crippen molar-refractivity contribution in [1.82, 2.24) is 13.9 Å². The highest BCUT2D eigenvalue weighted by molar-refractivity contribution is 7.89. The Hall–Kier alpha value is -0.630. The van der Waals surface area contributed by atoms with Crippen LogP contribution in [0.3, 0.4) is 0 Å². The van der Waals surface area contributed by atoms with Crippen molar-refractivity contribution in [3.63, 3.8) is 0 Å². The summed E-state index contributed by atoms with van der Waals surface area (Å²) in [5, 5.41) is -0.00506. The van der Waals surface area contributed by atoms with Crippen molar-refractivity contribution < 1.29 is 13.2 Å². The smallest absolute Gasteiger partial charge is 0.263 e. The molecule has 1 rings (SSSR count). The Morgan fingerprint density at radius 3 is 2.56 bits per heavy atom. The normalized spacial score (nSPS) is 12.6. The zero-order chi connectivity index (χ0) is 13.9. The number of aryl methyl sites for hydroxylation is 1. The number of ether oxygens (including phenoxy) is 1. The SMILES string of the molecule is COCCN(C(C)C)S(=O)(=O)c1ncn(C)c1Cl. The van der Waals surface area contributed by atoms with Gasteiger partial charge in [-0.25, -0.2) is 13.4 Å². The first-order chi connectivity index (χ1) is 8.32. The molecule has 0 atom stereocenters. The molecular weight excluding hydrogens is 278 g/mol. The molecule has 0 amide bonds. The van der Waals surface area contributed by atoms with E-state index in [4.69, 9.17) is 16.3 Å². The van der Waals surface area contributed by atoms with Gasteiger partial charge in [0.15, 0.2) is 0 Å². The minimum atomic E-state index is -3.69. The summed E-state index contributed by atoms with van der Waals surface area (Å²) < 4.78 is 32.6. The van der Waals surface area contributed by atoms with Crippen LogP contribution in [0.5, 0.6) is 0 Å². The van der Waals surface area contributed by atoms with E-state index in [1.54, 1.807) is 20.9 Å². The van der Waals surface area contributed by atoms with Crippen molar-refractivity contribution in [2.75, 3.05) is 20.3 Å². The van der Waals surface area contributed by atoms with E-state index in [0.29, 0.717) is 6.61 Å². The number of rotatable bonds is 6. The van der Waals surface area contributed by atoms with E-state index in [2.05, 4.69) is 4.98 Å². The first kappa shape index (κ1) is 15.4. The zero-order valence-corrected chi connectivity index (χ0v) is 12.5. The lowest BCUT2D eigenvalue weighted by Crippen LogP contribution is -2.39. The molecule has 1 aromatic rings. The molecule has 1 aromatic heterocycles. The van der Waals surface area contributed by atoms with Gasteiger partial charge in [-0.15, -0.1) is 0 Å². The average Bonchev–Trinajstić information content (AvgIpc) is 2.60. The number of methoxy groups -OCH3 is 1. The number of halogens is 1. The summed E-state index contributed by atoms with van der Waals surface area (Å²) in [6.45, 7) is 4.18. The van der Waals surface area contributed by atoms with Gasteiger partial charge in [0.25, 0.3) is 10.0 Å². The number of sulfonamides is 1. The Morgan fingerprint density at radius 2 is 2.17 bits per heavy atom. The van der Waals surface area contributed by atoms with E-state index in [1.165, 1.54) is 22.3 Å². The second kappa shape index (κ2) is 6.01. The third kappa shape index (κ3) is 3.03. The molecular formula is C10H18ClN3O3S. The van der Waals surface area contributed by atoms with Gasteiger partial charge in [0, 0.05) is 26.7 Å². The molecule has 0 aliphatic rings. The van der Waals surface area contributed by atoms with E-state index in [9.17, 15) is 8.42 Å². The van der Waals surface area contributed by atoms with Crippen LogP contribution in [0.15, 0.2) is 11.4 Å². The largest absolute Gasteiger partial charge is 0.383 e. The molecule has 0 aliphatic heterocycles. The molecule has 0 bridgehead atoms. The summed E-state index contributed by atoms with van der Waals surface area (Å²) in [6.07, 6.45) is 1.38. The van der Waals surface area contributed by atoms with Gasteiger partial charge < -0.3 is 9.30 Å². The van der Waals surface area contributed by atoms with Gasteiger partial charge >= 0.3 is 0 Å². The van der Waals surface area contributed by atoms with Gasteiger partial charge in [-0.1, -0.05) is 11.6 Å². The Morgan fingerprint density at radius 1 is 1.56 bits per heavy atom. The lowest BCUT2D eigenvalue weighted by Gasteiger charge is -2.24. The number of nitrogens with zero attached hydrogens (tertiary/aromatic N) is 3. The Bertz CT molecular complexity index is 498. The maximum Gasteiger partial charge on any atom is 0.263 e. The lowest BCUT2D eigenvalue weighted by molar-refractivity contribution is 0.170. The molecule has 0 aliphatic carbocycles. The van der Waals surface area contributed by atoms with E-state index >= 15 is 0 Å². The standard InChI is InChI=1S/C10H18ClN3O3S/c1-8(2)14(5-6-17-4)18(15,16)10-9(11)13(3)7-12-10/h7-8H,5-6H2,1-4H3. The summed E-state index contributed by atoms with van der Waals surface area (Å²) in [5.41, 5.74) is 0. The molecule has 0 saturated heterocycles. The summed E-state index contributed by atoms with van der Waals surface area (Å²) in [5.74, 6) is 0. The minimum absolute atomic E-state index is 0.109. The van der Waals surface area contributed by atoms with Gasteiger partial charge in [0.05, 0.1) is 12.9 Å². The molecule has 0 N–H and O–H groups in total. The third-order valence-electron chi connectivity index (χ3n) is 2.48. The summed E-state index contributed by atoms with van der Waals surface area (Å²) >= 11 is 5.94. The summed E-state index contributed by atoms with van der Waals surface area (Å²) in [6, 6.07) is -0.191. The second-order valence-electron chi connectivity index (χ2n) is 4.15. The van der Waals surface area contributed by atoms with Crippen molar-refractivity contribution in [3.05, 3.63) is 11.5 Å². The topological polar surface area (TPSA) is 64.4 Å². The van der Waals surface area contributed by atoms with Crippen molar-refractivity contribution in [2.45, 2.75) is 24.9 Å². The number of aromatic nitrogens is 2. The van der Waals surface area contributed by atoms with Gasteiger partial charge in [0.2, 0.25) is 5.03 Å². The first-order valence-electron chi connectivity index (χ1n) is 5.50. The van der Waals surface area contributed by atoms with Crippen LogP contribution in [-0.2, 0) is 21.8 Å². The molecule has 6 nitrogen and oxygen atoms in total. The molecule has 1 heterocycles.